The second-order valence-electron chi connectivity index (χ2n) is 3.81. The number of thioether (sulfide) groups is 1. The van der Waals surface area contributed by atoms with Crippen LogP contribution in [0.25, 0.3) is 0 Å². The predicted octanol–water partition coefficient (Wildman–Crippen LogP) is 2.41. The minimum Gasteiger partial charge on any atom is -0.355 e. The van der Waals surface area contributed by atoms with Crippen LogP contribution in [0.15, 0.2) is 0 Å². The van der Waals surface area contributed by atoms with Crippen molar-refractivity contribution in [2.75, 3.05) is 18.7 Å². The van der Waals surface area contributed by atoms with E-state index in [1.54, 1.807) is 0 Å². The van der Waals surface area contributed by atoms with E-state index in [1.165, 1.54) is 25.7 Å². The number of carbonyl (C=O) groups is 1. The van der Waals surface area contributed by atoms with Crippen LogP contribution >= 0.6 is 23.4 Å². The summed E-state index contributed by atoms with van der Waals surface area (Å²) in [6.45, 7) is 0.809. The normalized spacial score (nSPS) is 19.6. The second kappa shape index (κ2) is 5.86. The summed E-state index contributed by atoms with van der Waals surface area (Å²) < 4.78 is 0.308. The fourth-order valence-corrected chi connectivity index (χ4v) is 2.99. The zero-order valence-corrected chi connectivity index (χ0v) is 10.2. The average molecular weight is 236 g/mol. The quantitative estimate of drug-likeness (QED) is 0.742. The van der Waals surface area contributed by atoms with Crippen LogP contribution in [0, 0.1) is 0 Å². The van der Waals surface area contributed by atoms with Gasteiger partial charge in [-0.3, -0.25) is 4.79 Å². The highest BCUT2D eigenvalue weighted by Gasteiger charge is 2.32. The minimum atomic E-state index is 0.0836. The molecular formula is C10H18ClNOS. The van der Waals surface area contributed by atoms with E-state index in [0.717, 1.165) is 6.54 Å². The SMILES string of the molecule is CSC1(CNC(=O)CCCl)CCCC1. The Morgan fingerprint density at radius 3 is 2.64 bits per heavy atom. The summed E-state index contributed by atoms with van der Waals surface area (Å²) >= 11 is 7.39. The van der Waals surface area contributed by atoms with Gasteiger partial charge in [0.05, 0.1) is 0 Å². The van der Waals surface area contributed by atoms with Crippen molar-refractivity contribution in [3.05, 3.63) is 0 Å². The zero-order chi connectivity index (χ0) is 10.4. The van der Waals surface area contributed by atoms with Crippen LogP contribution in [0.2, 0.25) is 0 Å². The largest absolute Gasteiger partial charge is 0.355 e. The number of nitrogens with one attached hydrogen (secondary N) is 1. The lowest BCUT2D eigenvalue weighted by molar-refractivity contribution is -0.120. The van der Waals surface area contributed by atoms with Crippen molar-refractivity contribution in [1.82, 2.24) is 5.32 Å². The Morgan fingerprint density at radius 1 is 1.50 bits per heavy atom. The first-order valence-electron chi connectivity index (χ1n) is 5.10. The van der Waals surface area contributed by atoms with E-state index in [9.17, 15) is 4.79 Å². The van der Waals surface area contributed by atoms with Crippen molar-refractivity contribution in [2.45, 2.75) is 36.9 Å². The highest BCUT2D eigenvalue weighted by Crippen LogP contribution is 2.39. The van der Waals surface area contributed by atoms with E-state index in [-0.39, 0.29) is 5.91 Å². The van der Waals surface area contributed by atoms with E-state index < -0.39 is 0 Å². The van der Waals surface area contributed by atoms with Crippen LogP contribution in [0.1, 0.15) is 32.1 Å². The van der Waals surface area contributed by atoms with E-state index in [4.69, 9.17) is 11.6 Å². The maximum absolute atomic E-state index is 11.3. The Bertz CT molecular complexity index is 193. The fourth-order valence-electron chi connectivity index (χ4n) is 1.91. The van der Waals surface area contributed by atoms with Crippen molar-refractivity contribution in [3.63, 3.8) is 0 Å². The third kappa shape index (κ3) is 3.35. The van der Waals surface area contributed by atoms with Gasteiger partial charge in [0.15, 0.2) is 0 Å². The first-order valence-corrected chi connectivity index (χ1v) is 6.86. The Kier molecular flexibility index (Phi) is 5.10. The maximum Gasteiger partial charge on any atom is 0.221 e. The van der Waals surface area contributed by atoms with Crippen LogP contribution in [0.5, 0.6) is 0 Å². The molecule has 0 aromatic rings. The van der Waals surface area contributed by atoms with Gasteiger partial charge in [-0.15, -0.1) is 11.6 Å². The lowest BCUT2D eigenvalue weighted by Gasteiger charge is -2.26. The number of hydrogen-bond acceptors (Lipinski definition) is 2. The molecule has 0 unspecified atom stereocenters. The number of hydrogen-bond donors (Lipinski definition) is 1. The zero-order valence-electron chi connectivity index (χ0n) is 8.64. The van der Waals surface area contributed by atoms with E-state index in [2.05, 4.69) is 11.6 Å². The maximum atomic E-state index is 11.3. The molecule has 0 spiro atoms. The van der Waals surface area contributed by atoms with Gasteiger partial charge in [-0.1, -0.05) is 12.8 Å². The summed E-state index contributed by atoms with van der Waals surface area (Å²) in [5.41, 5.74) is 0. The standard InChI is InChI=1S/C10H18ClNOS/c1-14-10(5-2-3-6-10)8-12-9(13)4-7-11/h2-8H2,1H3,(H,12,13). The molecule has 82 valence electrons. The van der Waals surface area contributed by atoms with Crippen LogP contribution < -0.4 is 5.32 Å². The van der Waals surface area contributed by atoms with Gasteiger partial charge in [-0.05, 0) is 19.1 Å². The molecule has 0 heterocycles. The molecule has 2 nitrogen and oxygen atoms in total. The minimum absolute atomic E-state index is 0.0836. The number of rotatable bonds is 5. The molecule has 1 saturated carbocycles. The lowest BCUT2D eigenvalue weighted by Crippen LogP contribution is -2.38. The number of halogens is 1. The number of amides is 1. The molecule has 0 radical (unpaired) electrons. The Hall–Kier alpha value is 0.110. The second-order valence-corrected chi connectivity index (χ2v) is 5.46. The summed E-state index contributed by atoms with van der Waals surface area (Å²) in [5, 5.41) is 2.97. The summed E-state index contributed by atoms with van der Waals surface area (Å²) in [4.78, 5) is 11.3. The molecule has 0 saturated heterocycles. The Balaban J connectivity index is 2.30. The van der Waals surface area contributed by atoms with Crippen molar-refractivity contribution in [3.8, 4) is 0 Å². The average Bonchev–Trinajstić information content (AvgIpc) is 2.65. The Morgan fingerprint density at radius 2 is 2.14 bits per heavy atom. The molecule has 1 rings (SSSR count). The molecule has 14 heavy (non-hydrogen) atoms. The van der Waals surface area contributed by atoms with Gasteiger partial charge in [0, 0.05) is 23.6 Å². The summed E-state index contributed by atoms with van der Waals surface area (Å²) in [6, 6.07) is 0. The van der Waals surface area contributed by atoms with E-state index in [0.29, 0.717) is 17.0 Å². The van der Waals surface area contributed by atoms with Crippen molar-refractivity contribution in [1.29, 1.82) is 0 Å². The van der Waals surface area contributed by atoms with Crippen LogP contribution in [0.3, 0.4) is 0 Å². The molecule has 0 aromatic carbocycles. The third-order valence-electron chi connectivity index (χ3n) is 2.88. The molecule has 0 bridgehead atoms. The van der Waals surface area contributed by atoms with Gasteiger partial charge in [0.25, 0.3) is 0 Å². The third-order valence-corrected chi connectivity index (χ3v) is 4.48. The molecule has 0 atom stereocenters. The first kappa shape index (κ1) is 12.2. The van der Waals surface area contributed by atoms with E-state index >= 15 is 0 Å². The highest BCUT2D eigenvalue weighted by atomic mass is 35.5. The Labute approximate surface area is 95.2 Å². The predicted molar refractivity (Wildman–Crippen MR) is 63.1 cm³/mol. The molecule has 4 heteroatoms. The van der Waals surface area contributed by atoms with Gasteiger partial charge in [0.2, 0.25) is 5.91 Å². The molecule has 0 aliphatic heterocycles. The first-order chi connectivity index (χ1) is 6.72. The summed E-state index contributed by atoms with van der Waals surface area (Å²) in [6.07, 6.45) is 7.63. The van der Waals surface area contributed by atoms with Crippen molar-refractivity contribution in [2.24, 2.45) is 0 Å². The monoisotopic (exact) mass is 235 g/mol. The molecule has 0 aromatic heterocycles. The van der Waals surface area contributed by atoms with Crippen LogP contribution in [-0.2, 0) is 4.79 Å². The highest BCUT2D eigenvalue weighted by molar-refractivity contribution is 8.00. The van der Waals surface area contributed by atoms with Crippen molar-refractivity contribution < 1.29 is 4.79 Å². The van der Waals surface area contributed by atoms with Gasteiger partial charge in [-0.25, -0.2) is 0 Å². The smallest absolute Gasteiger partial charge is 0.221 e. The number of carbonyl (C=O) groups excluding carboxylic acids is 1. The van der Waals surface area contributed by atoms with Crippen LogP contribution in [0.4, 0.5) is 0 Å². The van der Waals surface area contributed by atoms with Gasteiger partial charge in [0.1, 0.15) is 0 Å². The van der Waals surface area contributed by atoms with E-state index in [1.807, 2.05) is 11.8 Å². The topological polar surface area (TPSA) is 29.1 Å². The van der Waals surface area contributed by atoms with Crippen molar-refractivity contribution >= 4 is 29.3 Å². The summed E-state index contributed by atoms with van der Waals surface area (Å²) in [5.74, 6) is 0.498. The molecule has 1 amide bonds. The van der Waals surface area contributed by atoms with Gasteiger partial charge < -0.3 is 5.32 Å². The van der Waals surface area contributed by atoms with Gasteiger partial charge >= 0.3 is 0 Å². The summed E-state index contributed by atoms with van der Waals surface area (Å²) in [7, 11) is 0. The number of alkyl halides is 1. The van der Waals surface area contributed by atoms with Crippen LogP contribution in [-0.4, -0.2) is 29.3 Å². The molecular weight excluding hydrogens is 218 g/mol. The van der Waals surface area contributed by atoms with Gasteiger partial charge in [-0.2, -0.15) is 11.8 Å². The molecule has 1 aliphatic rings. The molecule has 1 fully saturated rings. The lowest BCUT2D eigenvalue weighted by atomic mass is 10.1. The molecule has 1 aliphatic carbocycles. The molecule has 1 N–H and O–H groups in total. The fraction of sp³-hybridized carbons (Fsp3) is 0.900.